The minimum absolute atomic E-state index is 0.0424. The Kier molecular flexibility index (Phi) is 7.55. The molecule has 2 aliphatic heterocycles. The molecule has 2 atom stereocenters. The number of hydrogen-bond acceptors (Lipinski definition) is 7. The van der Waals surface area contributed by atoms with Gasteiger partial charge in [0.15, 0.2) is 6.61 Å². The molecule has 0 radical (unpaired) electrons. The van der Waals surface area contributed by atoms with Crippen LogP contribution >= 0.6 is 0 Å². The predicted molar refractivity (Wildman–Crippen MR) is 112 cm³/mol. The van der Waals surface area contributed by atoms with Gasteiger partial charge in [0, 0.05) is 26.2 Å². The number of likely N-dealkylation sites (tertiary alicyclic amines) is 1. The van der Waals surface area contributed by atoms with Gasteiger partial charge in [-0.1, -0.05) is 13.8 Å². The number of morpholine rings is 1. The molecule has 0 saturated carbocycles. The summed E-state index contributed by atoms with van der Waals surface area (Å²) in [6, 6.07) is 4.08. The van der Waals surface area contributed by atoms with Crippen molar-refractivity contribution in [3.63, 3.8) is 0 Å². The van der Waals surface area contributed by atoms with Gasteiger partial charge in [0.1, 0.15) is 10.6 Å². The van der Waals surface area contributed by atoms with Gasteiger partial charge in [-0.2, -0.15) is 4.31 Å². The number of nitrogens with zero attached hydrogens (tertiary/aromatic N) is 2. The summed E-state index contributed by atoms with van der Waals surface area (Å²) in [6.07, 6.45) is 1.07. The lowest BCUT2D eigenvalue weighted by molar-refractivity contribution is -0.137. The Balaban J connectivity index is 1.71. The van der Waals surface area contributed by atoms with Gasteiger partial charge in [-0.25, -0.2) is 13.2 Å². The fourth-order valence-corrected chi connectivity index (χ4v) is 5.69. The summed E-state index contributed by atoms with van der Waals surface area (Å²) in [4.78, 5) is 26.6. The molecule has 0 bridgehead atoms. The molecule has 2 fully saturated rings. The van der Waals surface area contributed by atoms with Gasteiger partial charge in [0.25, 0.3) is 5.91 Å². The SMILES string of the molecule is COc1ccc(C(=O)OCC(=O)N2C[C@H](C)C[C@@H](C)C2)cc1S(=O)(=O)N1CCOCC1. The highest BCUT2D eigenvalue weighted by Crippen LogP contribution is 2.29. The molecule has 2 heterocycles. The van der Waals surface area contributed by atoms with Crippen molar-refractivity contribution in [1.29, 1.82) is 0 Å². The highest BCUT2D eigenvalue weighted by Gasteiger charge is 2.31. The molecule has 1 aromatic rings. The van der Waals surface area contributed by atoms with Crippen molar-refractivity contribution in [3.8, 4) is 5.75 Å². The normalized spacial score (nSPS) is 22.7. The van der Waals surface area contributed by atoms with Gasteiger partial charge in [0.2, 0.25) is 10.0 Å². The molecule has 1 aromatic carbocycles. The number of benzene rings is 1. The van der Waals surface area contributed by atoms with Crippen LogP contribution in [-0.4, -0.2) is 82.6 Å². The van der Waals surface area contributed by atoms with Gasteiger partial charge in [-0.05, 0) is 36.5 Å². The van der Waals surface area contributed by atoms with Crippen molar-refractivity contribution in [3.05, 3.63) is 23.8 Å². The first kappa shape index (κ1) is 23.5. The number of esters is 1. The van der Waals surface area contributed by atoms with Crippen molar-refractivity contribution in [2.45, 2.75) is 25.2 Å². The van der Waals surface area contributed by atoms with Crippen molar-refractivity contribution in [2.24, 2.45) is 11.8 Å². The van der Waals surface area contributed by atoms with Crippen molar-refractivity contribution in [2.75, 3.05) is 53.1 Å². The quantitative estimate of drug-likeness (QED) is 0.598. The number of amides is 1. The first-order valence-corrected chi connectivity index (χ1v) is 11.9. The van der Waals surface area contributed by atoms with Crippen LogP contribution in [0.3, 0.4) is 0 Å². The molecule has 31 heavy (non-hydrogen) atoms. The number of sulfonamides is 1. The van der Waals surface area contributed by atoms with Gasteiger partial charge in [0.05, 0.1) is 25.9 Å². The summed E-state index contributed by atoms with van der Waals surface area (Å²) in [6.45, 7) is 6.15. The number of hydrogen-bond donors (Lipinski definition) is 0. The number of carbonyl (C=O) groups excluding carboxylic acids is 2. The number of methoxy groups -OCH3 is 1. The summed E-state index contributed by atoms with van der Waals surface area (Å²) >= 11 is 0. The second-order valence-corrected chi connectivity index (χ2v) is 10.1. The summed E-state index contributed by atoms with van der Waals surface area (Å²) in [5, 5.41) is 0. The van der Waals surface area contributed by atoms with E-state index < -0.39 is 16.0 Å². The van der Waals surface area contributed by atoms with Gasteiger partial charge >= 0.3 is 5.97 Å². The van der Waals surface area contributed by atoms with Crippen LogP contribution in [0.1, 0.15) is 30.6 Å². The van der Waals surface area contributed by atoms with Crippen LogP contribution in [0.25, 0.3) is 0 Å². The summed E-state index contributed by atoms with van der Waals surface area (Å²) in [7, 11) is -2.51. The Labute approximate surface area is 183 Å². The van der Waals surface area contributed by atoms with E-state index in [4.69, 9.17) is 14.2 Å². The van der Waals surface area contributed by atoms with Gasteiger partial charge in [-0.3, -0.25) is 4.79 Å². The van der Waals surface area contributed by atoms with Gasteiger partial charge < -0.3 is 19.1 Å². The highest BCUT2D eigenvalue weighted by molar-refractivity contribution is 7.89. The number of carbonyl (C=O) groups is 2. The van der Waals surface area contributed by atoms with Crippen LogP contribution < -0.4 is 4.74 Å². The topological polar surface area (TPSA) is 102 Å². The lowest BCUT2D eigenvalue weighted by Crippen LogP contribution is -2.44. The van der Waals surface area contributed by atoms with E-state index in [0.717, 1.165) is 6.42 Å². The van der Waals surface area contributed by atoms with E-state index in [-0.39, 0.29) is 41.8 Å². The molecule has 172 valence electrons. The summed E-state index contributed by atoms with van der Waals surface area (Å²) in [5.41, 5.74) is 0.0424. The van der Waals surface area contributed by atoms with Crippen LogP contribution in [0.2, 0.25) is 0 Å². The molecule has 0 aliphatic carbocycles. The molecule has 0 N–H and O–H groups in total. The molecule has 2 saturated heterocycles. The predicted octanol–water partition coefficient (Wildman–Crippen LogP) is 1.38. The Morgan fingerprint density at radius 2 is 1.77 bits per heavy atom. The molecule has 10 heteroatoms. The standard InChI is InChI=1S/C21H30N2O7S/c1-15-10-16(2)13-22(12-15)20(24)14-30-21(25)17-4-5-18(28-3)19(11-17)31(26,27)23-6-8-29-9-7-23/h4-5,11,15-16H,6-10,12-14H2,1-3H3/t15-,16-/m1/s1. The Bertz CT molecular complexity index is 902. The van der Waals surface area contributed by atoms with Crippen molar-refractivity contribution < 1.29 is 32.2 Å². The summed E-state index contributed by atoms with van der Waals surface area (Å²) < 4.78 is 43.0. The second-order valence-electron chi connectivity index (χ2n) is 8.20. The highest BCUT2D eigenvalue weighted by atomic mass is 32.2. The van der Waals surface area contributed by atoms with E-state index in [2.05, 4.69) is 13.8 Å². The summed E-state index contributed by atoms with van der Waals surface area (Å²) in [5.74, 6) is -0.0692. The molecule has 1 amide bonds. The molecular formula is C21H30N2O7S. The first-order chi connectivity index (χ1) is 14.7. The van der Waals surface area contributed by atoms with E-state index >= 15 is 0 Å². The largest absolute Gasteiger partial charge is 0.495 e. The fraction of sp³-hybridized carbons (Fsp3) is 0.619. The van der Waals surface area contributed by atoms with Crippen molar-refractivity contribution >= 4 is 21.9 Å². The maximum atomic E-state index is 13.1. The third-order valence-corrected chi connectivity index (χ3v) is 7.46. The van der Waals surface area contributed by atoms with Crippen LogP contribution in [-0.2, 0) is 24.3 Å². The third kappa shape index (κ3) is 5.55. The zero-order valence-electron chi connectivity index (χ0n) is 18.2. The average molecular weight is 455 g/mol. The molecule has 0 aromatic heterocycles. The molecule has 0 spiro atoms. The minimum atomic E-state index is -3.88. The lowest BCUT2D eigenvalue weighted by Gasteiger charge is -2.34. The monoisotopic (exact) mass is 454 g/mol. The third-order valence-electron chi connectivity index (χ3n) is 5.54. The van der Waals surface area contributed by atoms with E-state index in [1.54, 1.807) is 4.90 Å². The maximum absolute atomic E-state index is 13.1. The number of piperidine rings is 1. The van der Waals surface area contributed by atoms with Crippen LogP contribution in [0.5, 0.6) is 5.75 Å². The number of ether oxygens (including phenoxy) is 3. The zero-order chi connectivity index (χ0) is 22.6. The minimum Gasteiger partial charge on any atom is -0.495 e. The van der Waals surface area contributed by atoms with E-state index in [9.17, 15) is 18.0 Å². The number of rotatable bonds is 6. The van der Waals surface area contributed by atoms with E-state index in [1.165, 1.54) is 29.6 Å². The molecular weight excluding hydrogens is 424 g/mol. The second kappa shape index (κ2) is 9.97. The van der Waals surface area contributed by atoms with Crippen molar-refractivity contribution in [1.82, 2.24) is 9.21 Å². The molecule has 3 rings (SSSR count). The zero-order valence-corrected chi connectivity index (χ0v) is 19.0. The first-order valence-electron chi connectivity index (χ1n) is 10.4. The fourth-order valence-electron chi connectivity index (χ4n) is 4.10. The van der Waals surface area contributed by atoms with Crippen LogP contribution in [0, 0.1) is 11.8 Å². The Morgan fingerprint density at radius 1 is 1.13 bits per heavy atom. The Morgan fingerprint density at radius 3 is 2.39 bits per heavy atom. The molecule has 0 unspecified atom stereocenters. The van der Waals surface area contributed by atoms with E-state index in [1.807, 2.05) is 0 Å². The molecule has 9 nitrogen and oxygen atoms in total. The Hall–Kier alpha value is -2.17. The van der Waals surface area contributed by atoms with E-state index in [0.29, 0.717) is 38.1 Å². The van der Waals surface area contributed by atoms with Crippen LogP contribution in [0.4, 0.5) is 0 Å². The lowest BCUT2D eigenvalue weighted by atomic mass is 9.92. The maximum Gasteiger partial charge on any atom is 0.338 e. The average Bonchev–Trinajstić information content (AvgIpc) is 2.76. The van der Waals surface area contributed by atoms with Gasteiger partial charge in [-0.15, -0.1) is 0 Å². The van der Waals surface area contributed by atoms with Crippen LogP contribution in [0.15, 0.2) is 23.1 Å². The smallest absolute Gasteiger partial charge is 0.338 e. The molecule has 2 aliphatic rings.